The maximum absolute atomic E-state index is 12.3. The van der Waals surface area contributed by atoms with Gasteiger partial charge in [-0.3, -0.25) is 4.79 Å². The van der Waals surface area contributed by atoms with Crippen LogP contribution in [0.2, 0.25) is 10.2 Å². The Labute approximate surface area is 147 Å². The van der Waals surface area contributed by atoms with Crippen molar-refractivity contribution in [1.82, 2.24) is 15.0 Å². The Bertz CT molecular complexity index is 875. The van der Waals surface area contributed by atoms with Gasteiger partial charge in [-0.1, -0.05) is 29.3 Å². The first-order valence-electron chi connectivity index (χ1n) is 6.77. The second-order valence-corrected chi connectivity index (χ2v) is 5.48. The van der Waals surface area contributed by atoms with Gasteiger partial charge in [0, 0.05) is 10.6 Å². The van der Waals surface area contributed by atoms with E-state index in [0.717, 1.165) is 0 Å². The van der Waals surface area contributed by atoms with Gasteiger partial charge in [-0.05, 0) is 30.3 Å². The Morgan fingerprint density at radius 1 is 1.04 bits per heavy atom. The Kier molecular flexibility index (Phi) is 4.88. The number of amides is 1. The highest BCUT2D eigenvalue weighted by atomic mass is 35.5. The lowest BCUT2D eigenvalue weighted by atomic mass is 10.2. The summed E-state index contributed by atoms with van der Waals surface area (Å²) in [6.07, 6.45) is 4.40. The smallest absolute Gasteiger partial charge is 0.257 e. The zero-order valence-electron chi connectivity index (χ0n) is 12.1. The molecule has 6 nitrogen and oxygen atoms in total. The van der Waals surface area contributed by atoms with Gasteiger partial charge in [-0.2, -0.15) is 0 Å². The summed E-state index contributed by atoms with van der Waals surface area (Å²) in [4.78, 5) is 24.1. The summed E-state index contributed by atoms with van der Waals surface area (Å²) in [6, 6.07) is 9.60. The van der Waals surface area contributed by atoms with Crippen LogP contribution in [0.5, 0.6) is 11.5 Å². The molecule has 0 unspecified atom stereocenters. The van der Waals surface area contributed by atoms with E-state index in [0.29, 0.717) is 27.9 Å². The highest BCUT2D eigenvalue weighted by molar-refractivity contribution is 6.31. The maximum Gasteiger partial charge on any atom is 0.257 e. The molecule has 1 aromatic carbocycles. The minimum absolute atomic E-state index is 0.284. The van der Waals surface area contributed by atoms with Gasteiger partial charge in [-0.25, -0.2) is 15.0 Å². The fraction of sp³-hybridized carbons (Fsp3) is 0. The second-order valence-electron chi connectivity index (χ2n) is 4.65. The van der Waals surface area contributed by atoms with E-state index in [1.54, 1.807) is 30.3 Å². The summed E-state index contributed by atoms with van der Waals surface area (Å²) in [7, 11) is 0. The lowest BCUT2D eigenvalue weighted by Gasteiger charge is -2.09. The largest absolute Gasteiger partial charge is 0.454 e. The average Bonchev–Trinajstić information content (AvgIpc) is 2.55. The second kappa shape index (κ2) is 7.25. The van der Waals surface area contributed by atoms with E-state index in [1.807, 2.05) is 0 Å². The van der Waals surface area contributed by atoms with Gasteiger partial charge in [0.25, 0.3) is 5.91 Å². The molecular formula is C16H10Cl2N4O2. The minimum Gasteiger partial charge on any atom is -0.454 e. The van der Waals surface area contributed by atoms with Crippen LogP contribution in [0.15, 0.2) is 55.1 Å². The minimum atomic E-state index is -0.388. The normalized spacial score (nSPS) is 10.2. The Balaban J connectivity index is 1.81. The molecule has 0 atom stereocenters. The third-order valence-corrected chi connectivity index (χ3v) is 3.29. The topological polar surface area (TPSA) is 77.0 Å². The highest BCUT2D eigenvalue weighted by Gasteiger charge is 2.11. The zero-order valence-corrected chi connectivity index (χ0v) is 13.6. The molecule has 0 aliphatic rings. The van der Waals surface area contributed by atoms with Gasteiger partial charge in [0.2, 0.25) is 0 Å². The van der Waals surface area contributed by atoms with Crippen molar-refractivity contribution in [3.8, 4) is 11.5 Å². The van der Waals surface area contributed by atoms with Crippen LogP contribution in [0.1, 0.15) is 10.4 Å². The number of halogens is 2. The Morgan fingerprint density at radius 3 is 2.58 bits per heavy atom. The van der Waals surface area contributed by atoms with Crippen LogP contribution in [-0.2, 0) is 0 Å². The number of ether oxygens (including phenoxy) is 1. The Morgan fingerprint density at radius 2 is 1.83 bits per heavy atom. The zero-order chi connectivity index (χ0) is 16.9. The number of carbonyl (C=O) groups excluding carboxylic acids is 1. The molecular weight excluding hydrogens is 351 g/mol. The fourth-order valence-corrected chi connectivity index (χ4v) is 2.28. The summed E-state index contributed by atoms with van der Waals surface area (Å²) in [6.45, 7) is 0. The average molecular weight is 361 g/mol. The van der Waals surface area contributed by atoms with Crippen molar-refractivity contribution in [3.05, 3.63) is 70.9 Å². The lowest BCUT2D eigenvalue weighted by Crippen LogP contribution is -2.13. The van der Waals surface area contributed by atoms with Crippen LogP contribution in [0.3, 0.4) is 0 Å². The molecule has 0 fully saturated rings. The molecule has 0 saturated heterocycles. The first-order chi connectivity index (χ1) is 11.6. The van der Waals surface area contributed by atoms with Crippen LogP contribution in [0.25, 0.3) is 0 Å². The fourth-order valence-electron chi connectivity index (χ4n) is 1.89. The van der Waals surface area contributed by atoms with Gasteiger partial charge in [0.05, 0.1) is 12.4 Å². The molecule has 0 aliphatic carbocycles. The summed E-state index contributed by atoms with van der Waals surface area (Å²) in [5.41, 5.74) is 0.316. The van der Waals surface area contributed by atoms with Crippen molar-refractivity contribution in [2.24, 2.45) is 0 Å². The molecule has 0 aliphatic heterocycles. The molecule has 0 saturated carbocycles. The maximum atomic E-state index is 12.3. The number of rotatable bonds is 4. The molecule has 0 spiro atoms. The molecule has 1 amide bonds. The quantitative estimate of drug-likeness (QED) is 0.704. The van der Waals surface area contributed by atoms with Crippen molar-refractivity contribution in [2.45, 2.75) is 0 Å². The molecule has 1 N–H and O–H groups in total. The summed E-state index contributed by atoms with van der Waals surface area (Å²) >= 11 is 11.9. The molecule has 0 bridgehead atoms. The SMILES string of the molecule is O=C(Nc1cccc(Cl)n1)c1cc(Cl)cc(Oc2cncnc2)c1. The van der Waals surface area contributed by atoms with E-state index >= 15 is 0 Å². The van der Waals surface area contributed by atoms with Crippen molar-refractivity contribution in [3.63, 3.8) is 0 Å². The first kappa shape index (κ1) is 16.2. The number of aromatic nitrogens is 3. The predicted octanol–water partition coefficient (Wildman–Crippen LogP) is 4.22. The van der Waals surface area contributed by atoms with E-state index in [4.69, 9.17) is 27.9 Å². The van der Waals surface area contributed by atoms with E-state index in [-0.39, 0.29) is 11.1 Å². The highest BCUT2D eigenvalue weighted by Crippen LogP contribution is 2.26. The molecule has 3 rings (SSSR count). The molecule has 2 heterocycles. The predicted molar refractivity (Wildman–Crippen MR) is 90.8 cm³/mol. The number of hydrogen-bond acceptors (Lipinski definition) is 5. The number of benzene rings is 1. The van der Waals surface area contributed by atoms with Crippen LogP contribution in [0, 0.1) is 0 Å². The standard InChI is InChI=1S/C16H10Cl2N4O2/c17-11-4-10(16(23)22-15-3-1-2-14(18)21-15)5-12(6-11)24-13-7-19-9-20-8-13/h1-9H,(H,21,22,23). The van der Waals surface area contributed by atoms with Crippen LogP contribution in [0.4, 0.5) is 5.82 Å². The van der Waals surface area contributed by atoms with E-state index in [2.05, 4.69) is 20.3 Å². The number of hydrogen-bond donors (Lipinski definition) is 1. The van der Waals surface area contributed by atoms with E-state index in [1.165, 1.54) is 24.8 Å². The van der Waals surface area contributed by atoms with Gasteiger partial charge in [0.1, 0.15) is 23.0 Å². The lowest BCUT2D eigenvalue weighted by molar-refractivity contribution is 0.102. The Hall–Kier alpha value is -2.70. The summed E-state index contributed by atoms with van der Waals surface area (Å²) < 4.78 is 5.59. The van der Waals surface area contributed by atoms with Gasteiger partial charge < -0.3 is 10.1 Å². The van der Waals surface area contributed by atoms with E-state index < -0.39 is 0 Å². The van der Waals surface area contributed by atoms with Crippen molar-refractivity contribution in [1.29, 1.82) is 0 Å². The van der Waals surface area contributed by atoms with Gasteiger partial charge in [0.15, 0.2) is 5.75 Å². The van der Waals surface area contributed by atoms with Crippen LogP contribution >= 0.6 is 23.2 Å². The monoisotopic (exact) mass is 360 g/mol. The van der Waals surface area contributed by atoms with Crippen molar-refractivity contribution >= 4 is 34.9 Å². The third-order valence-electron chi connectivity index (χ3n) is 2.86. The molecule has 3 aromatic rings. The van der Waals surface area contributed by atoms with Gasteiger partial charge >= 0.3 is 0 Å². The van der Waals surface area contributed by atoms with Gasteiger partial charge in [-0.15, -0.1) is 0 Å². The number of carbonyl (C=O) groups is 1. The van der Waals surface area contributed by atoms with E-state index in [9.17, 15) is 4.79 Å². The third kappa shape index (κ3) is 4.18. The first-order valence-corrected chi connectivity index (χ1v) is 7.53. The summed E-state index contributed by atoms with van der Waals surface area (Å²) in [5.74, 6) is 0.775. The van der Waals surface area contributed by atoms with Crippen LogP contribution < -0.4 is 10.1 Å². The molecule has 0 radical (unpaired) electrons. The van der Waals surface area contributed by atoms with Crippen LogP contribution in [-0.4, -0.2) is 20.9 Å². The molecule has 2 aromatic heterocycles. The number of pyridine rings is 1. The number of anilines is 1. The molecule has 120 valence electrons. The number of nitrogens with one attached hydrogen (secondary N) is 1. The summed E-state index contributed by atoms with van der Waals surface area (Å²) in [5, 5.41) is 3.28. The van der Waals surface area contributed by atoms with Crippen molar-refractivity contribution in [2.75, 3.05) is 5.32 Å². The molecule has 8 heteroatoms. The molecule has 24 heavy (non-hydrogen) atoms. The van der Waals surface area contributed by atoms with Crippen molar-refractivity contribution < 1.29 is 9.53 Å². The number of nitrogens with zero attached hydrogens (tertiary/aromatic N) is 3.